The molecule has 7 heteroatoms. The van der Waals surface area contributed by atoms with Gasteiger partial charge in [-0.2, -0.15) is 0 Å². The van der Waals surface area contributed by atoms with Crippen molar-refractivity contribution in [2.45, 2.75) is 18.2 Å². The average molecular weight is 395 g/mol. The van der Waals surface area contributed by atoms with Crippen LogP contribution in [0.3, 0.4) is 0 Å². The Morgan fingerprint density at radius 3 is 2.61 bits per heavy atom. The maximum Gasteiger partial charge on any atom is 0.261 e. The second-order valence-corrected chi connectivity index (χ2v) is 8.03. The summed E-state index contributed by atoms with van der Waals surface area (Å²) in [5.74, 6) is -0.0371. The molecule has 1 N–H and O–H groups in total. The standard InChI is InChI=1S/C16H15BrN2O3S/c1-10-3-4-12(9-14(10)17)18-23(21,22)13-5-6-15-11(7-13)8-16(20)19(15)2/h3-7,9,18H,8H2,1-2H3. The first-order valence-electron chi connectivity index (χ1n) is 6.96. The van der Waals surface area contributed by atoms with E-state index in [0.717, 1.165) is 21.3 Å². The summed E-state index contributed by atoms with van der Waals surface area (Å²) in [6, 6.07) is 10.00. The van der Waals surface area contributed by atoms with Gasteiger partial charge in [0.1, 0.15) is 0 Å². The van der Waals surface area contributed by atoms with Gasteiger partial charge in [-0.15, -0.1) is 0 Å². The molecule has 2 aromatic rings. The van der Waals surface area contributed by atoms with E-state index in [4.69, 9.17) is 0 Å². The molecule has 1 aliphatic rings. The number of hydrogen-bond acceptors (Lipinski definition) is 3. The van der Waals surface area contributed by atoms with Crippen molar-refractivity contribution < 1.29 is 13.2 Å². The van der Waals surface area contributed by atoms with E-state index < -0.39 is 10.0 Å². The number of anilines is 2. The molecule has 0 radical (unpaired) electrons. The van der Waals surface area contributed by atoms with Gasteiger partial charge in [0, 0.05) is 22.9 Å². The molecular formula is C16H15BrN2O3S. The summed E-state index contributed by atoms with van der Waals surface area (Å²) in [4.78, 5) is 13.4. The molecule has 3 rings (SSSR count). The first-order valence-corrected chi connectivity index (χ1v) is 9.24. The lowest BCUT2D eigenvalue weighted by Gasteiger charge is -2.12. The van der Waals surface area contributed by atoms with Crippen molar-refractivity contribution in [3.8, 4) is 0 Å². The fourth-order valence-corrected chi connectivity index (χ4v) is 3.96. The molecule has 1 aliphatic heterocycles. The summed E-state index contributed by atoms with van der Waals surface area (Å²) >= 11 is 3.39. The van der Waals surface area contributed by atoms with Crippen LogP contribution in [-0.4, -0.2) is 21.4 Å². The predicted molar refractivity (Wildman–Crippen MR) is 93.2 cm³/mol. The van der Waals surface area contributed by atoms with Crippen LogP contribution < -0.4 is 9.62 Å². The van der Waals surface area contributed by atoms with Crippen LogP contribution in [0.15, 0.2) is 45.8 Å². The molecule has 0 saturated carbocycles. The number of halogens is 1. The quantitative estimate of drug-likeness (QED) is 0.869. The normalized spacial score (nSPS) is 14.0. The van der Waals surface area contributed by atoms with E-state index in [1.54, 1.807) is 31.3 Å². The summed E-state index contributed by atoms with van der Waals surface area (Å²) in [5.41, 5.74) is 2.99. The Hall–Kier alpha value is -1.86. The number of hydrogen-bond donors (Lipinski definition) is 1. The molecule has 0 atom stereocenters. The molecule has 0 saturated heterocycles. The van der Waals surface area contributed by atoms with Gasteiger partial charge in [0.05, 0.1) is 11.3 Å². The van der Waals surface area contributed by atoms with Gasteiger partial charge in [0.25, 0.3) is 10.0 Å². The van der Waals surface area contributed by atoms with Crippen molar-refractivity contribution in [3.63, 3.8) is 0 Å². The Kier molecular flexibility index (Phi) is 3.93. The van der Waals surface area contributed by atoms with Gasteiger partial charge in [-0.05, 0) is 48.4 Å². The van der Waals surface area contributed by atoms with E-state index in [1.807, 2.05) is 13.0 Å². The number of carbonyl (C=O) groups is 1. The number of nitrogens with zero attached hydrogens (tertiary/aromatic N) is 1. The third-order valence-electron chi connectivity index (χ3n) is 3.86. The minimum Gasteiger partial charge on any atom is -0.315 e. The van der Waals surface area contributed by atoms with Crippen LogP contribution in [0.4, 0.5) is 11.4 Å². The molecule has 0 fully saturated rings. The second kappa shape index (κ2) is 5.65. The van der Waals surface area contributed by atoms with Gasteiger partial charge in [-0.1, -0.05) is 22.0 Å². The molecule has 2 aromatic carbocycles. The number of carbonyl (C=O) groups excluding carboxylic acids is 1. The first kappa shape index (κ1) is 16.0. The topological polar surface area (TPSA) is 66.5 Å². The average Bonchev–Trinajstić information content (AvgIpc) is 2.77. The third-order valence-corrected chi connectivity index (χ3v) is 6.10. The Balaban J connectivity index is 1.93. The Labute approximate surface area is 143 Å². The lowest BCUT2D eigenvalue weighted by Crippen LogP contribution is -2.20. The van der Waals surface area contributed by atoms with Crippen molar-refractivity contribution in [2.75, 3.05) is 16.7 Å². The van der Waals surface area contributed by atoms with Crippen LogP contribution >= 0.6 is 15.9 Å². The lowest BCUT2D eigenvalue weighted by atomic mass is 10.2. The monoisotopic (exact) mass is 394 g/mol. The van der Waals surface area contributed by atoms with Crippen LogP contribution in [0, 0.1) is 6.92 Å². The van der Waals surface area contributed by atoms with E-state index in [0.29, 0.717) is 5.69 Å². The summed E-state index contributed by atoms with van der Waals surface area (Å²) in [6.45, 7) is 1.93. The highest BCUT2D eigenvalue weighted by Gasteiger charge is 2.26. The molecule has 120 valence electrons. The minimum absolute atomic E-state index is 0.0371. The van der Waals surface area contributed by atoms with Crippen molar-refractivity contribution in [2.24, 2.45) is 0 Å². The van der Waals surface area contributed by atoms with Crippen molar-refractivity contribution in [1.29, 1.82) is 0 Å². The van der Waals surface area contributed by atoms with Crippen LogP contribution in [0.1, 0.15) is 11.1 Å². The lowest BCUT2D eigenvalue weighted by molar-refractivity contribution is -0.117. The van der Waals surface area contributed by atoms with Gasteiger partial charge >= 0.3 is 0 Å². The fourth-order valence-electron chi connectivity index (χ4n) is 2.48. The molecule has 5 nitrogen and oxygen atoms in total. The maximum absolute atomic E-state index is 12.5. The SMILES string of the molecule is Cc1ccc(NS(=O)(=O)c2ccc3c(c2)CC(=O)N3C)cc1Br. The Morgan fingerprint density at radius 1 is 1.17 bits per heavy atom. The van der Waals surface area contributed by atoms with Gasteiger partial charge in [0.15, 0.2) is 0 Å². The molecule has 23 heavy (non-hydrogen) atoms. The molecule has 0 aliphatic carbocycles. The van der Waals surface area contributed by atoms with Gasteiger partial charge in [-0.25, -0.2) is 8.42 Å². The highest BCUT2D eigenvalue weighted by atomic mass is 79.9. The zero-order valence-electron chi connectivity index (χ0n) is 12.6. The first-order chi connectivity index (χ1) is 10.8. The fraction of sp³-hybridized carbons (Fsp3) is 0.188. The van der Waals surface area contributed by atoms with Crippen LogP contribution in [-0.2, 0) is 21.2 Å². The maximum atomic E-state index is 12.5. The number of nitrogens with one attached hydrogen (secondary N) is 1. The van der Waals surface area contributed by atoms with E-state index in [9.17, 15) is 13.2 Å². The van der Waals surface area contributed by atoms with E-state index >= 15 is 0 Å². The molecule has 0 unspecified atom stereocenters. The van der Waals surface area contributed by atoms with Crippen molar-refractivity contribution in [1.82, 2.24) is 0 Å². The van der Waals surface area contributed by atoms with E-state index in [2.05, 4.69) is 20.7 Å². The molecular weight excluding hydrogens is 380 g/mol. The number of benzene rings is 2. The van der Waals surface area contributed by atoms with E-state index in [1.165, 1.54) is 11.0 Å². The highest BCUT2D eigenvalue weighted by molar-refractivity contribution is 9.10. The zero-order chi connectivity index (χ0) is 16.8. The number of amides is 1. The molecule has 1 amide bonds. The summed E-state index contributed by atoms with van der Waals surface area (Å²) in [5, 5.41) is 0. The second-order valence-electron chi connectivity index (χ2n) is 5.49. The molecule has 0 spiro atoms. The van der Waals surface area contributed by atoms with E-state index in [-0.39, 0.29) is 17.2 Å². The highest BCUT2D eigenvalue weighted by Crippen LogP contribution is 2.30. The Morgan fingerprint density at radius 2 is 1.91 bits per heavy atom. The predicted octanol–water partition coefficient (Wildman–Crippen LogP) is 3.08. The van der Waals surface area contributed by atoms with Gasteiger partial charge in [-0.3, -0.25) is 9.52 Å². The minimum atomic E-state index is -3.70. The number of sulfonamides is 1. The molecule has 1 heterocycles. The number of rotatable bonds is 3. The summed E-state index contributed by atoms with van der Waals surface area (Å²) in [6.07, 6.45) is 0.227. The molecule has 0 aromatic heterocycles. The van der Waals surface area contributed by atoms with Crippen LogP contribution in [0.5, 0.6) is 0 Å². The number of aryl methyl sites for hydroxylation is 1. The smallest absolute Gasteiger partial charge is 0.261 e. The van der Waals surface area contributed by atoms with Crippen LogP contribution in [0.2, 0.25) is 0 Å². The number of likely N-dealkylation sites (N-methyl/N-ethyl adjacent to an activating group) is 1. The summed E-state index contributed by atoms with van der Waals surface area (Å²) in [7, 11) is -2.02. The summed E-state index contributed by atoms with van der Waals surface area (Å²) < 4.78 is 28.5. The zero-order valence-corrected chi connectivity index (χ0v) is 15.0. The van der Waals surface area contributed by atoms with Gasteiger partial charge in [0.2, 0.25) is 5.91 Å². The molecule has 0 bridgehead atoms. The van der Waals surface area contributed by atoms with Gasteiger partial charge < -0.3 is 4.90 Å². The third kappa shape index (κ3) is 2.98. The largest absolute Gasteiger partial charge is 0.315 e. The van der Waals surface area contributed by atoms with Crippen LogP contribution in [0.25, 0.3) is 0 Å². The Bertz CT molecular complexity index is 910. The number of fused-ring (bicyclic) bond motifs is 1. The van der Waals surface area contributed by atoms with Crippen molar-refractivity contribution >= 4 is 43.2 Å². The van der Waals surface area contributed by atoms with Crippen molar-refractivity contribution in [3.05, 3.63) is 52.0 Å².